The second-order valence-electron chi connectivity index (χ2n) is 4.53. The first-order chi connectivity index (χ1) is 8.90. The third-order valence-electron chi connectivity index (χ3n) is 3.08. The largest absolute Gasteiger partial charge is 0.384 e. The Morgan fingerprint density at radius 2 is 1.47 bits per heavy atom. The number of rotatable bonds is 2. The van der Waals surface area contributed by atoms with E-state index in [2.05, 4.69) is 47.8 Å². The van der Waals surface area contributed by atoms with Crippen LogP contribution in [0.25, 0.3) is 0 Å². The number of benzene rings is 2. The SMILES string of the molecule is Cc1ccc(C(O)c2cc(Br)c(C)cc2Br)cc1Br. The van der Waals surface area contributed by atoms with Crippen LogP contribution in [0.5, 0.6) is 0 Å². The van der Waals surface area contributed by atoms with Crippen LogP contribution in [-0.2, 0) is 0 Å². The van der Waals surface area contributed by atoms with E-state index in [9.17, 15) is 5.11 Å². The Bertz CT molecular complexity index is 623. The smallest absolute Gasteiger partial charge is 0.105 e. The lowest BCUT2D eigenvalue weighted by molar-refractivity contribution is 0.219. The first-order valence-corrected chi connectivity index (χ1v) is 8.17. The average Bonchev–Trinajstić information content (AvgIpc) is 2.36. The Morgan fingerprint density at radius 3 is 2.11 bits per heavy atom. The number of hydrogen-bond donors (Lipinski definition) is 1. The van der Waals surface area contributed by atoms with Crippen molar-refractivity contribution < 1.29 is 5.11 Å². The molecule has 1 atom stereocenters. The van der Waals surface area contributed by atoms with Crippen molar-refractivity contribution >= 4 is 47.8 Å². The molecule has 2 aromatic rings. The molecule has 2 rings (SSSR count). The molecular formula is C15H13Br3O. The van der Waals surface area contributed by atoms with E-state index in [1.807, 2.05) is 44.2 Å². The maximum Gasteiger partial charge on any atom is 0.105 e. The highest BCUT2D eigenvalue weighted by Crippen LogP contribution is 2.34. The van der Waals surface area contributed by atoms with E-state index >= 15 is 0 Å². The Hall–Kier alpha value is -0.160. The second kappa shape index (κ2) is 6.08. The van der Waals surface area contributed by atoms with Gasteiger partial charge in [-0.05, 0) is 48.7 Å². The van der Waals surface area contributed by atoms with Crippen LogP contribution in [0, 0.1) is 13.8 Å². The second-order valence-corrected chi connectivity index (χ2v) is 7.10. The quantitative estimate of drug-likeness (QED) is 0.627. The molecule has 0 saturated heterocycles. The fourth-order valence-corrected chi connectivity index (χ4v) is 3.26. The van der Waals surface area contributed by atoms with E-state index < -0.39 is 6.10 Å². The Morgan fingerprint density at radius 1 is 0.842 bits per heavy atom. The minimum atomic E-state index is -0.650. The van der Waals surface area contributed by atoms with Crippen LogP contribution < -0.4 is 0 Å². The average molecular weight is 449 g/mol. The van der Waals surface area contributed by atoms with Gasteiger partial charge in [-0.25, -0.2) is 0 Å². The summed E-state index contributed by atoms with van der Waals surface area (Å²) in [5.74, 6) is 0. The van der Waals surface area contributed by atoms with Gasteiger partial charge in [0, 0.05) is 19.0 Å². The van der Waals surface area contributed by atoms with Gasteiger partial charge in [0.25, 0.3) is 0 Å². The van der Waals surface area contributed by atoms with Gasteiger partial charge in [0.1, 0.15) is 6.10 Å². The highest BCUT2D eigenvalue weighted by Gasteiger charge is 2.16. The predicted molar refractivity (Wildman–Crippen MR) is 89.5 cm³/mol. The molecule has 2 aromatic carbocycles. The van der Waals surface area contributed by atoms with E-state index in [1.54, 1.807) is 0 Å². The van der Waals surface area contributed by atoms with Gasteiger partial charge < -0.3 is 5.11 Å². The predicted octanol–water partition coefficient (Wildman–Crippen LogP) is 5.67. The fourth-order valence-electron chi connectivity index (χ4n) is 1.83. The number of halogens is 3. The van der Waals surface area contributed by atoms with Crippen LogP contribution in [0.15, 0.2) is 43.7 Å². The third kappa shape index (κ3) is 3.30. The van der Waals surface area contributed by atoms with Gasteiger partial charge in [0.2, 0.25) is 0 Å². The van der Waals surface area contributed by atoms with E-state index in [0.29, 0.717) is 0 Å². The topological polar surface area (TPSA) is 20.2 Å². The van der Waals surface area contributed by atoms with Gasteiger partial charge in [-0.15, -0.1) is 0 Å². The minimum absolute atomic E-state index is 0.650. The summed E-state index contributed by atoms with van der Waals surface area (Å²) in [6.07, 6.45) is -0.650. The lowest BCUT2D eigenvalue weighted by Crippen LogP contribution is -2.02. The summed E-state index contributed by atoms with van der Waals surface area (Å²) in [6, 6.07) is 9.87. The van der Waals surface area contributed by atoms with Crippen LogP contribution in [0.1, 0.15) is 28.4 Å². The summed E-state index contributed by atoms with van der Waals surface area (Å²) >= 11 is 10.5. The fraction of sp³-hybridized carbons (Fsp3) is 0.200. The van der Waals surface area contributed by atoms with Crippen molar-refractivity contribution in [3.8, 4) is 0 Å². The first kappa shape index (κ1) is 15.2. The van der Waals surface area contributed by atoms with E-state index in [1.165, 1.54) is 0 Å². The van der Waals surface area contributed by atoms with Crippen molar-refractivity contribution in [2.45, 2.75) is 20.0 Å². The third-order valence-corrected chi connectivity index (χ3v) is 5.48. The molecule has 0 aromatic heterocycles. The Kier molecular flexibility index (Phi) is 4.88. The Balaban J connectivity index is 2.46. The summed E-state index contributed by atoms with van der Waals surface area (Å²) in [6.45, 7) is 4.05. The van der Waals surface area contributed by atoms with Gasteiger partial charge in [0.15, 0.2) is 0 Å². The molecule has 1 nitrogen and oxygen atoms in total. The summed E-state index contributed by atoms with van der Waals surface area (Å²) in [5, 5.41) is 10.5. The minimum Gasteiger partial charge on any atom is -0.384 e. The maximum atomic E-state index is 10.5. The van der Waals surface area contributed by atoms with Crippen LogP contribution >= 0.6 is 47.8 Å². The number of aryl methyl sites for hydroxylation is 2. The molecule has 4 heteroatoms. The van der Waals surface area contributed by atoms with Gasteiger partial charge in [-0.2, -0.15) is 0 Å². The monoisotopic (exact) mass is 446 g/mol. The normalized spacial score (nSPS) is 12.5. The molecule has 0 radical (unpaired) electrons. The standard InChI is InChI=1S/C15H13Br3O/c1-8-3-4-10(6-12(8)16)15(19)11-7-13(17)9(2)5-14(11)18/h3-7,15,19H,1-2H3. The molecule has 100 valence electrons. The van der Waals surface area contributed by atoms with E-state index in [-0.39, 0.29) is 0 Å². The van der Waals surface area contributed by atoms with Crippen molar-refractivity contribution in [1.82, 2.24) is 0 Å². The molecule has 0 aliphatic heterocycles. The van der Waals surface area contributed by atoms with Gasteiger partial charge in [0.05, 0.1) is 0 Å². The molecule has 0 spiro atoms. The maximum absolute atomic E-state index is 10.5. The number of hydrogen-bond acceptors (Lipinski definition) is 1. The van der Waals surface area contributed by atoms with Crippen LogP contribution in [0.3, 0.4) is 0 Å². The van der Waals surface area contributed by atoms with Crippen molar-refractivity contribution in [1.29, 1.82) is 0 Å². The molecule has 0 saturated carbocycles. The zero-order valence-electron chi connectivity index (χ0n) is 10.5. The van der Waals surface area contributed by atoms with Gasteiger partial charge >= 0.3 is 0 Å². The van der Waals surface area contributed by atoms with Crippen molar-refractivity contribution in [2.24, 2.45) is 0 Å². The molecule has 19 heavy (non-hydrogen) atoms. The van der Waals surface area contributed by atoms with Crippen LogP contribution in [0.2, 0.25) is 0 Å². The Labute approximate surface area is 138 Å². The molecule has 0 aliphatic rings. The first-order valence-electron chi connectivity index (χ1n) is 5.80. The zero-order chi connectivity index (χ0) is 14.2. The highest BCUT2D eigenvalue weighted by atomic mass is 79.9. The van der Waals surface area contributed by atoms with Crippen molar-refractivity contribution in [3.05, 3.63) is 66.0 Å². The molecule has 0 fully saturated rings. The van der Waals surface area contributed by atoms with Crippen molar-refractivity contribution in [2.75, 3.05) is 0 Å². The number of aliphatic hydroxyl groups is 1. The molecule has 0 heterocycles. The van der Waals surface area contributed by atoms with Crippen LogP contribution in [0.4, 0.5) is 0 Å². The lowest BCUT2D eigenvalue weighted by atomic mass is 10.00. The van der Waals surface area contributed by atoms with E-state index in [0.717, 1.165) is 35.7 Å². The molecular weight excluding hydrogens is 436 g/mol. The van der Waals surface area contributed by atoms with Gasteiger partial charge in [-0.1, -0.05) is 59.9 Å². The lowest BCUT2D eigenvalue weighted by Gasteiger charge is -2.16. The van der Waals surface area contributed by atoms with Crippen LogP contribution in [-0.4, -0.2) is 5.11 Å². The molecule has 1 N–H and O–H groups in total. The number of aliphatic hydroxyl groups excluding tert-OH is 1. The summed E-state index contributed by atoms with van der Waals surface area (Å²) in [5.41, 5.74) is 4.01. The van der Waals surface area contributed by atoms with Crippen molar-refractivity contribution in [3.63, 3.8) is 0 Å². The summed E-state index contributed by atoms with van der Waals surface area (Å²) in [7, 11) is 0. The molecule has 1 unspecified atom stereocenters. The summed E-state index contributed by atoms with van der Waals surface area (Å²) < 4.78 is 2.92. The zero-order valence-corrected chi connectivity index (χ0v) is 15.3. The molecule has 0 amide bonds. The van der Waals surface area contributed by atoms with Gasteiger partial charge in [-0.3, -0.25) is 0 Å². The molecule has 0 bridgehead atoms. The van der Waals surface area contributed by atoms with E-state index in [4.69, 9.17) is 0 Å². The highest BCUT2D eigenvalue weighted by molar-refractivity contribution is 9.11. The summed E-state index contributed by atoms with van der Waals surface area (Å²) in [4.78, 5) is 0. The molecule has 0 aliphatic carbocycles.